The van der Waals surface area contributed by atoms with Crippen LogP contribution < -0.4 is 10.1 Å². The van der Waals surface area contributed by atoms with Crippen LogP contribution in [0.25, 0.3) is 0 Å². The Morgan fingerprint density at radius 2 is 2.15 bits per heavy atom. The molecule has 0 radical (unpaired) electrons. The van der Waals surface area contributed by atoms with Crippen molar-refractivity contribution in [3.05, 3.63) is 29.8 Å². The zero-order valence-corrected chi connectivity index (χ0v) is 12.6. The summed E-state index contributed by atoms with van der Waals surface area (Å²) in [6, 6.07) is 8.28. The van der Waals surface area contributed by atoms with E-state index >= 15 is 0 Å². The van der Waals surface area contributed by atoms with Crippen LogP contribution in [0.5, 0.6) is 5.75 Å². The Balaban J connectivity index is 1.72. The van der Waals surface area contributed by atoms with Crippen LogP contribution in [0.1, 0.15) is 25.3 Å². The minimum Gasteiger partial charge on any atom is -0.492 e. The normalized spacial score (nSPS) is 16.0. The maximum Gasteiger partial charge on any atom is 0.237 e. The Kier molecular flexibility index (Phi) is 5.01. The highest BCUT2D eigenvalue weighted by atomic mass is 16.5. The van der Waals surface area contributed by atoms with E-state index in [1.54, 1.807) is 0 Å². The summed E-state index contributed by atoms with van der Waals surface area (Å²) in [5.74, 6) is 1.03. The third-order valence-electron chi connectivity index (χ3n) is 3.76. The number of likely N-dealkylation sites (N-methyl/N-ethyl adjacent to an activating group) is 1. The van der Waals surface area contributed by atoms with Crippen molar-refractivity contribution in [3.8, 4) is 5.75 Å². The van der Waals surface area contributed by atoms with Crippen LogP contribution in [0, 0.1) is 6.92 Å². The van der Waals surface area contributed by atoms with Gasteiger partial charge in [0.25, 0.3) is 0 Å². The van der Waals surface area contributed by atoms with Gasteiger partial charge in [0.15, 0.2) is 0 Å². The second-order valence-electron chi connectivity index (χ2n) is 5.55. The molecular weight excluding hydrogens is 252 g/mol. The maximum absolute atomic E-state index is 11.9. The molecule has 1 aromatic carbocycles. The number of hydrogen-bond acceptors (Lipinski definition) is 3. The first-order chi connectivity index (χ1) is 9.58. The predicted octanol–water partition coefficient (Wildman–Crippen LogP) is 1.97. The molecular formula is C16H24N2O2. The van der Waals surface area contributed by atoms with Crippen molar-refractivity contribution >= 4 is 5.91 Å². The molecule has 1 fully saturated rings. The minimum atomic E-state index is -0.115. The van der Waals surface area contributed by atoms with Gasteiger partial charge in [-0.25, -0.2) is 0 Å². The Morgan fingerprint density at radius 1 is 1.45 bits per heavy atom. The number of benzene rings is 1. The first-order valence-corrected chi connectivity index (χ1v) is 7.27. The topological polar surface area (TPSA) is 41.6 Å². The third kappa shape index (κ3) is 4.23. The molecule has 0 aliphatic heterocycles. The van der Waals surface area contributed by atoms with Gasteiger partial charge in [-0.1, -0.05) is 18.2 Å². The lowest BCUT2D eigenvalue weighted by Gasteiger charge is -2.24. The number of carbonyl (C=O) groups excluding carboxylic acids is 1. The fourth-order valence-electron chi connectivity index (χ4n) is 1.96. The number of nitrogens with zero attached hydrogens (tertiary/aromatic N) is 1. The lowest BCUT2D eigenvalue weighted by molar-refractivity contribution is -0.125. The largest absolute Gasteiger partial charge is 0.492 e. The van der Waals surface area contributed by atoms with Gasteiger partial charge in [-0.3, -0.25) is 9.69 Å². The van der Waals surface area contributed by atoms with Gasteiger partial charge in [0.2, 0.25) is 5.91 Å². The van der Waals surface area contributed by atoms with Crippen molar-refractivity contribution < 1.29 is 9.53 Å². The number of hydrogen-bond donors (Lipinski definition) is 1. The van der Waals surface area contributed by atoms with Crippen molar-refractivity contribution in [2.24, 2.45) is 0 Å². The number of carbonyl (C=O) groups is 1. The van der Waals surface area contributed by atoms with E-state index in [2.05, 4.69) is 5.32 Å². The van der Waals surface area contributed by atoms with Gasteiger partial charge in [0.05, 0.1) is 6.04 Å². The summed E-state index contributed by atoms with van der Waals surface area (Å²) in [5.41, 5.74) is 1.13. The van der Waals surface area contributed by atoms with Crippen molar-refractivity contribution in [2.45, 2.75) is 38.8 Å². The first-order valence-electron chi connectivity index (χ1n) is 7.27. The fourth-order valence-corrected chi connectivity index (χ4v) is 1.96. The highest BCUT2D eigenvalue weighted by Gasteiger charge is 2.26. The van der Waals surface area contributed by atoms with E-state index in [0.717, 1.165) is 30.7 Å². The molecule has 4 heteroatoms. The number of amides is 1. The summed E-state index contributed by atoms with van der Waals surface area (Å²) in [6.45, 7) is 5.28. The lowest BCUT2D eigenvalue weighted by atomic mass is 10.2. The molecule has 110 valence electrons. The molecule has 1 aliphatic rings. The second kappa shape index (κ2) is 6.75. The van der Waals surface area contributed by atoms with E-state index in [1.807, 2.05) is 50.1 Å². The van der Waals surface area contributed by atoms with E-state index < -0.39 is 0 Å². The molecule has 4 nitrogen and oxygen atoms in total. The van der Waals surface area contributed by atoms with E-state index in [0.29, 0.717) is 12.6 Å². The molecule has 1 amide bonds. The molecule has 20 heavy (non-hydrogen) atoms. The van der Waals surface area contributed by atoms with E-state index in [9.17, 15) is 4.79 Å². The zero-order chi connectivity index (χ0) is 14.5. The number of para-hydroxylation sites is 1. The maximum atomic E-state index is 11.9. The van der Waals surface area contributed by atoms with E-state index in [-0.39, 0.29) is 11.9 Å². The van der Waals surface area contributed by atoms with Gasteiger partial charge in [0, 0.05) is 12.6 Å². The highest BCUT2D eigenvalue weighted by Crippen LogP contribution is 2.19. The van der Waals surface area contributed by atoms with Crippen LogP contribution in [0.15, 0.2) is 24.3 Å². The molecule has 0 bridgehead atoms. The average Bonchev–Trinajstić information content (AvgIpc) is 3.23. The number of aryl methyl sites for hydroxylation is 1. The summed E-state index contributed by atoms with van der Waals surface area (Å²) in [7, 11) is 1.96. The smallest absolute Gasteiger partial charge is 0.237 e. The van der Waals surface area contributed by atoms with Gasteiger partial charge in [-0.2, -0.15) is 0 Å². The number of nitrogens with one attached hydrogen (secondary N) is 1. The second-order valence-corrected chi connectivity index (χ2v) is 5.55. The SMILES string of the molecule is Cc1ccccc1OCCN(C)C(C)C(=O)NC1CC1. The monoisotopic (exact) mass is 276 g/mol. The molecule has 1 aliphatic carbocycles. The van der Waals surface area contributed by atoms with Gasteiger partial charge >= 0.3 is 0 Å². The van der Waals surface area contributed by atoms with Crippen molar-refractivity contribution in [2.75, 3.05) is 20.2 Å². The zero-order valence-electron chi connectivity index (χ0n) is 12.6. The fraction of sp³-hybridized carbons (Fsp3) is 0.562. The minimum absolute atomic E-state index is 0.115. The summed E-state index contributed by atoms with van der Waals surface area (Å²) in [4.78, 5) is 14.0. The summed E-state index contributed by atoms with van der Waals surface area (Å²) in [6.07, 6.45) is 2.25. The van der Waals surface area contributed by atoms with Crippen molar-refractivity contribution in [1.29, 1.82) is 0 Å². The van der Waals surface area contributed by atoms with Crippen LogP contribution in [0.2, 0.25) is 0 Å². The Bertz CT molecular complexity index is 458. The van der Waals surface area contributed by atoms with Gasteiger partial charge in [-0.05, 0) is 45.4 Å². The van der Waals surface area contributed by atoms with Crippen LogP contribution in [0.3, 0.4) is 0 Å². The van der Waals surface area contributed by atoms with E-state index in [1.165, 1.54) is 0 Å². The standard InChI is InChI=1S/C16H24N2O2/c1-12-6-4-5-7-15(12)20-11-10-18(3)13(2)16(19)17-14-8-9-14/h4-7,13-14H,8-11H2,1-3H3,(H,17,19). The van der Waals surface area contributed by atoms with Gasteiger partial charge in [0.1, 0.15) is 12.4 Å². The molecule has 0 heterocycles. The molecule has 2 rings (SSSR count). The number of ether oxygens (including phenoxy) is 1. The Hall–Kier alpha value is -1.55. The molecule has 1 unspecified atom stereocenters. The summed E-state index contributed by atoms with van der Waals surface area (Å²) >= 11 is 0. The molecule has 0 aromatic heterocycles. The Labute approximate surface area is 121 Å². The lowest BCUT2D eigenvalue weighted by Crippen LogP contribution is -2.45. The summed E-state index contributed by atoms with van der Waals surface area (Å²) in [5, 5.41) is 3.03. The van der Waals surface area contributed by atoms with Crippen LogP contribution in [-0.2, 0) is 4.79 Å². The predicted molar refractivity (Wildman–Crippen MR) is 79.9 cm³/mol. The average molecular weight is 276 g/mol. The van der Waals surface area contributed by atoms with Gasteiger partial charge in [-0.15, -0.1) is 0 Å². The third-order valence-corrected chi connectivity index (χ3v) is 3.76. The molecule has 1 N–H and O–H groups in total. The molecule has 1 aromatic rings. The summed E-state index contributed by atoms with van der Waals surface area (Å²) < 4.78 is 5.76. The molecule has 0 saturated heterocycles. The van der Waals surface area contributed by atoms with Crippen molar-refractivity contribution in [1.82, 2.24) is 10.2 Å². The molecule has 1 atom stereocenters. The quantitative estimate of drug-likeness (QED) is 0.828. The van der Waals surface area contributed by atoms with Crippen LogP contribution in [0.4, 0.5) is 0 Å². The highest BCUT2D eigenvalue weighted by molar-refractivity contribution is 5.81. The van der Waals surface area contributed by atoms with Crippen LogP contribution in [-0.4, -0.2) is 43.1 Å². The van der Waals surface area contributed by atoms with Gasteiger partial charge < -0.3 is 10.1 Å². The molecule has 1 saturated carbocycles. The molecule has 0 spiro atoms. The van der Waals surface area contributed by atoms with Crippen molar-refractivity contribution in [3.63, 3.8) is 0 Å². The Morgan fingerprint density at radius 3 is 2.80 bits per heavy atom. The number of rotatable bonds is 7. The van der Waals surface area contributed by atoms with Crippen LogP contribution >= 0.6 is 0 Å². The van der Waals surface area contributed by atoms with E-state index in [4.69, 9.17) is 4.74 Å². The first kappa shape index (κ1) is 14.9.